The molecular weight excluding hydrogens is 518 g/mol. The second-order valence-corrected chi connectivity index (χ2v) is 8.78. The monoisotopic (exact) mass is 533 g/mol. The molecule has 2 aromatic heterocycles. The Bertz CT molecular complexity index is 1150. The number of morpholine rings is 1. The van der Waals surface area contributed by atoms with E-state index in [1.54, 1.807) is 12.3 Å². The van der Waals surface area contributed by atoms with Crippen molar-refractivity contribution < 1.29 is 4.74 Å². The molecule has 1 aliphatic heterocycles. The van der Waals surface area contributed by atoms with E-state index in [1.165, 1.54) is 11.1 Å². The van der Waals surface area contributed by atoms with Crippen molar-refractivity contribution in [3.05, 3.63) is 74.9 Å². The summed E-state index contributed by atoms with van der Waals surface area (Å²) in [6.07, 6.45) is 3.58. The second kappa shape index (κ2) is 9.39. The number of hydrogen-bond acceptors (Lipinski definition) is 4. The number of fused-ring (bicyclic) bond motifs is 2. The predicted octanol–water partition coefficient (Wildman–Crippen LogP) is 6.48. The highest BCUT2D eigenvalue weighted by Gasteiger charge is 2.14. The summed E-state index contributed by atoms with van der Waals surface area (Å²) in [7, 11) is 0. The van der Waals surface area contributed by atoms with Gasteiger partial charge in [0, 0.05) is 50.9 Å². The first-order valence-electron chi connectivity index (χ1n) is 9.18. The fraction of sp³-hybridized carbons (Fsp3) is 0.182. The van der Waals surface area contributed by atoms with Crippen LogP contribution in [0.3, 0.4) is 0 Å². The molecule has 0 amide bonds. The number of benzene rings is 2. The van der Waals surface area contributed by atoms with Crippen LogP contribution in [0.1, 0.15) is 0 Å². The summed E-state index contributed by atoms with van der Waals surface area (Å²) in [6, 6.07) is 15.9. The van der Waals surface area contributed by atoms with Gasteiger partial charge in [-0.15, -0.1) is 0 Å². The van der Waals surface area contributed by atoms with Crippen molar-refractivity contribution >= 4 is 71.0 Å². The van der Waals surface area contributed by atoms with Crippen molar-refractivity contribution in [2.45, 2.75) is 0 Å². The van der Waals surface area contributed by atoms with Gasteiger partial charge in [0.25, 0.3) is 0 Å². The molecule has 0 N–H and O–H groups in total. The van der Waals surface area contributed by atoms with Crippen molar-refractivity contribution in [1.82, 2.24) is 9.97 Å². The van der Waals surface area contributed by atoms with Crippen LogP contribution in [0.15, 0.2) is 69.9 Å². The van der Waals surface area contributed by atoms with Crippen molar-refractivity contribution in [2.75, 3.05) is 31.2 Å². The quantitative estimate of drug-likeness (QED) is 0.280. The van der Waals surface area contributed by atoms with Gasteiger partial charge in [0.05, 0.1) is 29.3 Å². The third-order valence-corrected chi connectivity index (χ3v) is 6.00. The third-order valence-electron chi connectivity index (χ3n) is 4.68. The van der Waals surface area contributed by atoms with Gasteiger partial charge in [-0.25, -0.2) is 0 Å². The fourth-order valence-electron chi connectivity index (χ4n) is 3.27. The molecule has 0 unspecified atom stereocenters. The predicted molar refractivity (Wildman–Crippen MR) is 127 cm³/mol. The van der Waals surface area contributed by atoms with Gasteiger partial charge >= 0.3 is 0 Å². The highest BCUT2D eigenvalue weighted by molar-refractivity contribution is 9.10. The van der Waals surface area contributed by atoms with E-state index in [-0.39, 0.29) is 0 Å². The number of halogens is 3. The van der Waals surface area contributed by atoms with E-state index in [1.807, 2.05) is 36.5 Å². The number of nitrogens with zero attached hydrogens (tertiary/aromatic N) is 3. The fourth-order valence-corrected chi connectivity index (χ4v) is 4.20. The minimum absolute atomic E-state index is 0.737. The first-order chi connectivity index (χ1) is 14.1. The Balaban J connectivity index is 0.000000150. The average Bonchev–Trinajstić information content (AvgIpc) is 2.75. The van der Waals surface area contributed by atoms with Gasteiger partial charge in [-0.05, 0) is 48.5 Å². The zero-order chi connectivity index (χ0) is 20.2. The van der Waals surface area contributed by atoms with Crippen LogP contribution in [0.5, 0.6) is 0 Å². The number of aromatic nitrogens is 2. The normalized spacial score (nSPS) is 14.0. The van der Waals surface area contributed by atoms with Gasteiger partial charge < -0.3 is 9.64 Å². The van der Waals surface area contributed by atoms with Gasteiger partial charge in [-0.1, -0.05) is 43.5 Å². The molecule has 148 valence electrons. The topological polar surface area (TPSA) is 38.2 Å². The second-order valence-electron chi connectivity index (χ2n) is 6.55. The summed E-state index contributed by atoms with van der Waals surface area (Å²) < 4.78 is 7.50. The lowest BCUT2D eigenvalue weighted by Gasteiger charge is -2.29. The zero-order valence-electron chi connectivity index (χ0n) is 15.5. The van der Waals surface area contributed by atoms with Gasteiger partial charge in [0.15, 0.2) is 0 Å². The summed E-state index contributed by atoms with van der Waals surface area (Å²) in [4.78, 5) is 10.9. The lowest BCUT2D eigenvalue weighted by atomic mass is 10.1. The van der Waals surface area contributed by atoms with Crippen LogP contribution in [0, 0.1) is 0 Å². The van der Waals surface area contributed by atoms with Crippen molar-refractivity contribution in [3.63, 3.8) is 0 Å². The maximum Gasteiger partial charge on any atom is 0.0723 e. The van der Waals surface area contributed by atoms with E-state index in [4.69, 9.17) is 16.3 Å². The molecule has 2 aromatic carbocycles. The summed E-state index contributed by atoms with van der Waals surface area (Å²) in [5, 5.41) is 2.92. The minimum atomic E-state index is 0.737. The number of rotatable bonds is 1. The molecule has 0 atom stereocenters. The Morgan fingerprint density at radius 3 is 2.07 bits per heavy atom. The SMILES string of the molecule is Brc1ccc2nccc(N3CCOCC3)c2c1.Clc1ccnc2ccc(Br)cc12. The molecule has 0 saturated carbocycles. The van der Waals surface area contributed by atoms with E-state index in [0.717, 1.165) is 56.7 Å². The van der Waals surface area contributed by atoms with Crippen LogP contribution in [0.25, 0.3) is 21.8 Å². The number of pyridine rings is 2. The van der Waals surface area contributed by atoms with Crippen LogP contribution in [0.2, 0.25) is 5.02 Å². The maximum absolute atomic E-state index is 5.97. The third kappa shape index (κ3) is 4.89. The van der Waals surface area contributed by atoms with E-state index < -0.39 is 0 Å². The number of ether oxygens (including phenoxy) is 1. The van der Waals surface area contributed by atoms with Crippen LogP contribution < -0.4 is 4.90 Å². The largest absolute Gasteiger partial charge is 0.378 e. The first kappa shape index (κ1) is 20.5. The molecule has 5 rings (SSSR count). The lowest BCUT2D eigenvalue weighted by Crippen LogP contribution is -2.36. The molecule has 4 nitrogen and oxygen atoms in total. The summed E-state index contributed by atoms with van der Waals surface area (Å²) in [5.41, 5.74) is 3.21. The van der Waals surface area contributed by atoms with Crippen molar-refractivity contribution in [3.8, 4) is 0 Å². The van der Waals surface area contributed by atoms with Crippen LogP contribution in [-0.4, -0.2) is 36.3 Å². The Kier molecular flexibility index (Phi) is 6.65. The molecule has 1 saturated heterocycles. The zero-order valence-corrected chi connectivity index (χ0v) is 19.4. The lowest BCUT2D eigenvalue weighted by molar-refractivity contribution is 0.123. The van der Waals surface area contributed by atoms with Crippen molar-refractivity contribution in [1.29, 1.82) is 0 Å². The minimum Gasteiger partial charge on any atom is -0.378 e. The molecular formula is C22H18Br2ClN3O. The number of anilines is 1. The summed E-state index contributed by atoms with van der Waals surface area (Å²) in [6.45, 7) is 3.51. The molecule has 29 heavy (non-hydrogen) atoms. The Morgan fingerprint density at radius 2 is 1.38 bits per heavy atom. The van der Waals surface area contributed by atoms with Crippen LogP contribution in [-0.2, 0) is 4.74 Å². The number of hydrogen-bond donors (Lipinski definition) is 0. The highest BCUT2D eigenvalue weighted by Crippen LogP contribution is 2.28. The Labute approximate surface area is 191 Å². The molecule has 1 fully saturated rings. The standard InChI is InChI=1S/C13H13BrN2O.C9H5BrClN/c14-10-1-2-12-11(9-10)13(3-4-15-12)16-5-7-17-8-6-16;10-6-1-2-9-7(5-6)8(11)3-4-12-9/h1-4,9H,5-8H2;1-5H. The van der Waals surface area contributed by atoms with Gasteiger partial charge in [-0.2, -0.15) is 0 Å². The molecule has 0 aliphatic carbocycles. The van der Waals surface area contributed by atoms with Gasteiger partial charge in [0.2, 0.25) is 0 Å². The van der Waals surface area contributed by atoms with E-state index in [0.29, 0.717) is 0 Å². The Hall–Kier alpha value is -1.73. The van der Waals surface area contributed by atoms with E-state index in [2.05, 4.69) is 58.9 Å². The molecule has 0 spiro atoms. The molecule has 7 heteroatoms. The van der Waals surface area contributed by atoms with Gasteiger partial charge in [0.1, 0.15) is 0 Å². The van der Waals surface area contributed by atoms with E-state index >= 15 is 0 Å². The first-order valence-corrected chi connectivity index (χ1v) is 11.1. The average molecular weight is 536 g/mol. The molecule has 1 aliphatic rings. The molecule has 0 radical (unpaired) electrons. The van der Waals surface area contributed by atoms with Crippen molar-refractivity contribution in [2.24, 2.45) is 0 Å². The molecule has 3 heterocycles. The molecule has 4 aromatic rings. The smallest absolute Gasteiger partial charge is 0.0723 e. The summed E-state index contributed by atoms with van der Waals surface area (Å²) >= 11 is 12.9. The highest BCUT2D eigenvalue weighted by atomic mass is 79.9. The van der Waals surface area contributed by atoms with Gasteiger partial charge in [-0.3, -0.25) is 9.97 Å². The van der Waals surface area contributed by atoms with E-state index in [9.17, 15) is 0 Å². The van der Waals surface area contributed by atoms with Crippen LogP contribution >= 0.6 is 43.5 Å². The maximum atomic E-state index is 5.97. The van der Waals surface area contributed by atoms with Crippen LogP contribution in [0.4, 0.5) is 5.69 Å². The molecule has 0 bridgehead atoms. The summed E-state index contributed by atoms with van der Waals surface area (Å²) in [5.74, 6) is 0. The Morgan fingerprint density at radius 1 is 0.793 bits per heavy atom.